The fourth-order valence-corrected chi connectivity index (χ4v) is 1.73. The molecule has 80 valence electrons. The monoisotopic (exact) mass is 226 g/mol. The van der Waals surface area contributed by atoms with Crippen LogP contribution in [0.3, 0.4) is 0 Å². The number of nitrogen functional groups attached to an aromatic ring is 1. The van der Waals surface area contributed by atoms with Crippen LogP contribution < -0.4 is 10.5 Å². The van der Waals surface area contributed by atoms with Crippen molar-refractivity contribution >= 4 is 32.7 Å². The number of aromatic amines is 1. The van der Waals surface area contributed by atoms with Gasteiger partial charge in [-0.25, -0.2) is 13.4 Å². The van der Waals surface area contributed by atoms with Gasteiger partial charge in [0.2, 0.25) is 16.0 Å². The minimum absolute atomic E-state index is 0.172. The van der Waals surface area contributed by atoms with Gasteiger partial charge >= 0.3 is 0 Å². The number of aromatic nitrogens is 2. The highest BCUT2D eigenvalue weighted by molar-refractivity contribution is 7.91. The van der Waals surface area contributed by atoms with Gasteiger partial charge in [0.25, 0.3) is 0 Å². The Morgan fingerprint density at radius 3 is 2.80 bits per heavy atom. The lowest BCUT2D eigenvalue weighted by molar-refractivity contribution is 0.606. The van der Waals surface area contributed by atoms with Gasteiger partial charge in [-0.1, -0.05) is 6.07 Å². The Kier molecular flexibility index (Phi) is 2.04. The third-order valence-corrected chi connectivity index (χ3v) is 2.39. The van der Waals surface area contributed by atoms with Crippen molar-refractivity contribution in [2.24, 2.45) is 0 Å². The number of nitrogens with zero attached hydrogens (tertiary/aromatic N) is 1. The minimum Gasteiger partial charge on any atom is -0.397 e. The van der Waals surface area contributed by atoms with Crippen molar-refractivity contribution in [3.05, 3.63) is 18.2 Å². The lowest BCUT2D eigenvalue weighted by Crippen LogP contribution is -2.10. The number of fused-ring (bicyclic) bond motifs is 1. The molecule has 2 rings (SSSR count). The molecule has 1 heterocycles. The van der Waals surface area contributed by atoms with Gasteiger partial charge in [0.15, 0.2) is 0 Å². The number of sulfonamides is 1. The molecule has 2 aromatic rings. The van der Waals surface area contributed by atoms with Crippen LogP contribution >= 0.6 is 0 Å². The number of anilines is 2. The largest absolute Gasteiger partial charge is 0.397 e. The minimum atomic E-state index is -3.32. The summed E-state index contributed by atoms with van der Waals surface area (Å²) in [5.41, 5.74) is 7.43. The molecular formula is C8H10N4O2S. The SMILES string of the molecule is CS(=O)(=O)Nc1nc2c(N)cccc2[nH]1. The molecule has 0 unspecified atom stereocenters. The van der Waals surface area contributed by atoms with Crippen molar-refractivity contribution in [2.45, 2.75) is 0 Å². The number of nitrogens with two attached hydrogens (primary N) is 1. The zero-order valence-electron chi connectivity index (χ0n) is 7.98. The maximum atomic E-state index is 11.0. The highest BCUT2D eigenvalue weighted by atomic mass is 32.2. The summed E-state index contributed by atoms with van der Waals surface area (Å²) in [4.78, 5) is 6.84. The summed E-state index contributed by atoms with van der Waals surface area (Å²) in [6, 6.07) is 5.24. The van der Waals surface area contributed by atoms with Crippen molar-refractivity contribution < 1.29 is 8.42 Å². The number of para-hydroxylation sites is 1. The van der Waals surface area contributed by atoms with E-state index in [4.69, 9.17) is 5.73 Å². The van der Waals surface area contributed by atoms with E-state index >= 15 is 0 Å². The van der Waals surface area contributed by atoms with Gasteiger partial charge in [-0.05, 0) is 12.1 Å². The Labute approximate surface area is 86.6 Å². The molecule has 0 aliphatic rings. The summed E-state index contributed by atoms with van der Waals surface area (Å²) in [5, 5.41) is 0. The second-order valence-corrected chi connectivity index (χ2v) is 4.95. The molecule has 1 aromatic carbocycles. The van der Waals surface area contributed by atoms with E-state index in [2.05, 4.69) is 14.7 Å². The highest BCUT2D eigenvalue weighted by Crippen LogP contribution is 2.20. The Morgan fingerprint density at radius 2 is 2.20 bits per heavy atom. The summed E-state index contributed by atoms with van der Waals surface area (Å²) in [6.45, 7) is 0. The van der Waals surface area contributed by atoms with Crippen molar-refractivity contribution in [3.8, 4) is 0 Å². The first-order valence-corrected chi connectivity index (χ1v) is 6.07. The van der Waals surface area contributed by atoms with Crippen LogP contribution in [0, 0.1) is 0 Å². The normalized spacial score (nSPS) is 11.8. The van der Waals surface area contributed by atoms with Crippen LogP contribution in [0.2, 0.25) is 0 Å². The summed E-state index contributed by atoms with van der Waals surface area (Å²) in [6.07, 6.45) is 1.06. The molecule has 0 saturated carbocycles. The van der Waals surface area contributed by atoms with E-state index in [1.54, 1.807) is 18.2 Å². The highest BCUT2D eigenvalue weighted by Gasteiger charge is 2.08. The molecule has 0 spiro atoms. The molecular weight excluding hydrogens is 216 g/mol. The summed E-state index contributed by atoms with van der Waals surface area (Å²) >= 11 is 0. The first-order valence-electron chi connectivity index (χ1n) is 4.18. The van der Waals surface area contributed by atoms with Crippen LogP contribution in [-0.2, 0) is 10.0 Å². The number of benzene rings is 1. The van der Waals surface area contributed by atoms with Gasteiger partial charge in [0.1, 0.15) is 5.52 Å². The zero-order chi connectivity index (χ0) is 11.1. The van der Waals surface area contributed by atoms with E-state index in [0.29, 0.717) is 16.7 Å². The van der Waals surface area contributed by atoms with Gasteiger partial charge in [-0.2, -0.15) is 0 Å². The second kappa shape index (κ2) is 3.13. The van der Waals surface area contributed by atoms with Crippen LogP contribution in [0.5, 0.6) is 0 Å². The van der Waals surface area contributed by atoms with Crippen molar-refractivity contribution in [1.82, 2.24) is 9.97 Å². The quantitative estimate of drug-likeness (QED) is 0.649. The molecule has 0 radical (unpaired) electrons. The fourth-order valence-electron chi connectivity index (χ4n) is 1.28. The molecule has 0 bridgehead atoms. The summed E-state index contributed by atoms with van der Waals surface area (Å²) in [5.74, 6) is 0.172. The molecule has 0 fully saturated rings. The van der Waals surface area contributed by atoms with Crippen LogP contribution in [0.25, 0.3) is 11.0 Å². The van der Waals surface area contributed by atoms with E-state index in [9.17, 15) is 8.42 Å². The predicted molar refractivity (Wildman–Crippen MR) is 59.0 cm³/mol. The van der Waals surface area contributed by atoms with E-state index in [-0.39, 0.29) is 5.95 Å². The van der Waals surface area contributed by atoms with E-state index in [1.165, 1.54) is 0 Å². The fraction of sp³-hybridized carbons (Fsp3) is 0.125. The van der Waals surface area contributed by atoms with Gasteiger partial charge < -0.3 is 10.7 Å². The lowest BCUT2D eigenvalue weighted by atomic mass is 10.3. The Bertz CT molecular complexity index is 602. The van der Waals surface area contributed by atoms with Crippen molar-refractivity contribution in [2.75, 3.05) is 16.7 Å². The number of hydrogen-bond donors (Lipinski definition) is 3. The number of rotatable bonds is 2. The summed E-state index contributed by atoms with van der Waals surface area (Å²) in [7, 11) is -3.32. The third kappa shape index (κ3) is 2.01. The smallest absolute Gasteiger partial charge is 0.232 e. The molecule has 1 aromatic heterocycles. The maximum absolute atomic E-state index is 11.0. The Hall–Kier alpha value is -1.76. The molecule has 0 amide bonds. The van der Waals surface area contributed by atoms with E-state index in [1.807, 2.05) is 0 Å². The Morgan fingerprint density at radius 1 is 1.47 bits per heavy atom. The van der Waals surface area contributed by atoms with Crippen molar-refractivity contribution in [1.29, 1.82) is 0 Å². The predicted octanol–water partition coefficient (Wildman–Crippen LogP) is 0.517. The average molecular weight is 226 g/mol. The molecule has 0 saturated heterocycles. The van der Waals surface area contributed by atoms with Gasteiger partial charge in [-0.15, -0.1) is 0 Å². The van der Waals surface area contributed by atoms with Crippen molar-refractivity contribution in [3.63, 3.8) is 0 Å². The molecule has 0 aliphatic heterocycles. The van der Waals surface area contributed by atoms with E-state index in [0.717, 1.165) is 6.26 Å². The molecule has 4 N–H and O–H groups in total. The number of nitrogens with one attached hydrogen (secondary N) is 2. The first-order chi connectivity index (χ1) is 6.96. The van der Waals surface area contributed by atoms with Crippen LogP contribution in [0.1, 0.15) is 0 Å². The zero-order valence-corrected chi connectivity index (χ0v) is 8.80. The van der Waals surface area contributed by atoms with E-state index < -0.39 is 10.0 Å². The van der Waals surface area contributed by atoms with Crippen LogP contribution in [0.4, 0.5) is 11.6 Å². The molecule has 0 atom stereocenters. The Balaban J connectivity index is 2.53. The number of imidazole rings is 1. The standard InChI is InChI=1S/C8H10N4O2S/c1-15(13,14)12-8-10-6-4-2-3-5(9)7(6)11-8/h2-4H,9H2,1H3,(H2,10,11,12). The van der Waals surface area contributed by atoms with Crippen LogP contribution in [-0.4, -0.2) is 24.6 Å². The van der Waals surface area contributed by atoms with Gasteiger partial charge in [-0.3, -0.25) is 4.72 Å². The maximum Gasteiger partial charge on any atom is 0.232 e. The molecule has 15 heavy (non-hydrogen) atoms. The molecule has 0 aliphatic carbocycles. The lowest BCUT2D eigenvalue weighted by Gasteiger charge is -1.96. The molecule has 7 heteroatoms. The number of hydrogen-bond acceptors (Lipinski definition) is 4. The van der Waals surface area contributed by atoms with Crippen LogP contribution in [0.15, 0.2) is 18.2 Å². The second-order valence-electron chi connectivity index (χ2n) is 3.20. The van der Waals surface area contributed by atoms with Gasteiger partial charge in [0, 0.05) is 0 Å². The third-order valence-electron chi connectivity index (χ3n) is 1.83. The average Bonchev–Trinajstić information content (AvgIpc) is 2.45. The number of H-pyrrole nitrogens is 1. The molecule has 6 nitrogen and oxygen atoms in total. The first kappa shape index (κ1) is 9.78. The summed E-state index contributed by atoms with van der Waals surface area (Å²) < 4.78 is 24.2. The topological polar surface area (TPSA) is 101 Å². The van der Waals surface area contributed by atoms with Gasteiger partial charge in [0.05, 0.1) is 17.5 Å².